The summed E-state index contributed by atoms with van der Waals surface area (Å²) >= 11 is 0. The van der Waals surface area contributed by atoms with Gasteiger partial charge in [-0.2, -0.15) is 13.2 Å². The summed E-state index contributed by atoms with van der Waals surface area (Å²) in [7, 11) is 0. The molecule has 5 nitrogen and oxygen atoms in total. The van der Waals surface area contributed by atoms with E-state index in [0.29, 0.717) is 31.9 Å². The van der Waals surface area contributed by atoms with Gasteiger partial charge in [0.1, 0.15) is 6.10 Å². The van der Waals surface area contributed by atoms with E-state index in [1.54, 1.807) is 12.4 Å². The lowest BCUT2D eigenvalue weighted by Crippen LogP contribution is -2.42. The fourth-order valence-electron chi connectivity index (χ4n) is 2.37. The lowest BCUT2D eigenvalue weighted by molar-refractivity contribution is -0.150. The molecule has 0 saturated carbocycles. The molecule has 23 heavy (non-hydrogen) atoms. The van der Waals surface area contributed by atoms with Crippen LogP contribution in [0.3, 0.4) is 0 Å². The second kappa shape index (κ2) is 7.61. The molecule has 1 aliphatic rings. The van der Waals surface area contributed by atoms with Crippen LogP contribution in [0, 0.1) is 0 Å². The van der Waals surface area contributed by atoms with Crippen LogP contribution in [0.1, 0.15) is 38.2 Å². The zero-order valence-electron chi connectivity index (χ0n) is 13.0. The zero-order chi connectivity index (χ0) is 16.9. The van der Waals surface area contributed by atoms with Crippen LogP contribution in [-0.4, -0.2) is 46.1 Å². The summed E-state index contributed by atoms with van der Waals surface area (Å²) in [5, 5.41) is 0. The van der Waals surface area contributed by atoms with Crippen molar-refractivity contribution in [2.75, 3.05) is 13.1 Å². The molecule has 0 aromatic carbocycles. The molecule has 0 bridgehead atoms. The van der Waals surface area contributed by atoms with Gasteiger partial charge in [-0.05, 0) is 12.0 Å². The van der Waals surface area contributed by atoms with Crippen LogP contribution in [0.4, 0.5) is 13.2 Å². The number of amides is 1. The largest absolute Gasteiger partial charge is 0.460 e. The normalized spacial score (nSPS) is 16.4. The molecule has 1 saturated heterocycles. The summed E-state index contributed by atoms with van der Waals surface area (Å²) in [5.74, 6) is -0.454. The molecule has 2 heterocycles. The second-order valence-corrected chi connectivity index (χ2v) is 5.54. The van der Waals surface area contributed by atoms with Crippen LogP contribution in [0.5, 0.6) is 6.01 Å². The van der Waals surface area contributed by atoms with Gasteiger partial charge in [-0.3, -0.25) is 4.79 Å². The Bertz CT molecular complexity index is 512. The van der Waals surface area contributed by atoms with E-state index < -0.39 is 24.9 Å². The minimum absolute atomic E-state index is 0.117. The maximum atomic E-state index is 12.1. The molecule has 0 spiro atoms. The molecule has 1 aromatic rings. The van der Waals surface area contributed by atoms with Crippen molar-refractivity contribution in [1.29, 1.82) is 0 Å². The Balaban J connectivity index is 1.75. The number of alkyl halides is 3. The Morgan fingerprint density at radius 3 is 2.43 bits per heavy atom. The highest BCUT2D eigenvalue weighted by Gasteiger charge is 2.30. The number of carbonyl (C=O) groups excluding carboxylic acids is 1. The monoisotopic (exact) mass is 331 g/mol. The van der Waals surface area contributed by atoms with Crippen LogP contribution >= 0.6 is 0 Å². The SMILES string of the molecule is CCc1cnc(OC2CCN(C(=O)CCC(F)(F)F)CC2)nc1. The van der Waals surface area contributed by atoms with Gasteiger partial charge in [0.2, 0.25) is 5.91 Å². The van der Waals surface area contributed by atoms with E-state index >= 15 is 0 Å². The van der Waals surface area contributed by atoms with Crippen molar-refractivity contribution in [3.63, 3.8) is 0 Å². The highest BCUT2D eigenvalue weighted by atomic mass is 19.4. The highest BCUT2D eigenvalue weighted by molar-refractivity contribution is 5.76. The maximum Gasteiger partial charge on any atom is 0.389 e. The number of aryl methyl sites for hydroxylation is 1. The van der Waals surface area contributed by atoms with Gasteiger partial charge >= 0.3 is 12.2 Å². The van der Waals surface area contributed by atoms with Crippen LogP contribution in [0.2, 0.25) is 0 Å². The third kappa shape index (κ3) is 5.69. The summed E-state index contributed by atoms with van der Waals surface area (Å²) in [5.41, 5.74) is 1.02. The van der Waals surface area contributed by atoms with E-state index in [9.17, 15) is 18.0 Å². The number of nitrogens with zero attached hydrogens (tertiary/aromatic N) is 3. The maximum absolute atomic E-state index is 12.1. The molecule has 1 fully saturated rings. The molecule has 128 valence electrons. The molecule has 1 aromatic heterocycles. The third-order valence-corrected chi connectivity index (χ3v) is 3.78. The van der Waals surface area contributed by atoms with Crippen molar-refractivity contribution < 1.29 is 22.7 Å². The van der Waals surface area contributed by atoms with Gasteiger partial charge in [0, 0.05) is 44.7 Å². The molecule has 2 rings (SSSR count). The number of likely N-dealkylation sites (tertiary alicyclic amines) is 1. The highest BCUT2D eigenvalue weighted by Crippen LogP contribution is 2.23. The van der Waals surface area contributed by atoms with Crippen molar-refractivity contribution >= 4 is 5.91 Å². The van der Waals surface area contributed by atoms with E-state index in [-0.39, 0.29) is 6.10 Å². The van der Waals surface area contributed by atoms with Crippen molar-refractivity contribution in [2.45, 2.75) is 51.3 Å². The van der Waals surface area contributed by atoms with Crippen molar-refractivity contribution in [1.82, 2.24) is 14.9 Å². The first-order chi connectivity index (χ1) is 10.9. The van der Waals surface area contributed by atoms with Crippen LogP contribution < -0.4 is 4.74 Å². The summed E-state index contributed by atoms with van der Waals surface area (Å²) in [6.45, 7) is 2.80. The van der Waals surface area contributed by atoms with Gasteiger partial charge in [0.05, 0.1) is 6.42 Å². The lowest BCUT2D eigenvalue weighted by Gasteiger charge is -2.31. The van der Waals surface area contributed by atoms with Gasteiger partial charge in [-0.25, -0.2) is 9.97 Å². The van der Waals surface area contributed by atoms with Crippen LogP contribution in [0.15, 0.2) is 12.4 Å². The number of carbonyl (C=O) groups is 1. The van der Waals surface area contributed by atoms with Gasteiger partial charge in [-0.15, -0.1) is 0 Å². The van der Waals surface area contributed by atoms with Crippen molar-refractivity contribution in [2.24, 2.45) is 0 Å². The van der Waals surface area contributed by atoms with Gasteiger partial charge in [-0.1, -0.05) is 6.92 Å². The minimum Gasteiger partial charge on any atom is -0.460 e. The quantitative estimate of drug-likeness (QED) is 0.832. The Morgan fingerprint density at radius 1 is 1.30 bits per heavy atom. The van der Waals surface area contributed by atoms with Gasteiger partial charge < -0.3 is 9.64 Å². The fourth-order valence-corrected chi connectivity index (χ4v) is 2.37. The number of hydrogen-bond acceptors (Lipinski definition) is 4. The average Bonchev–Trinajstić information content (AvgIpc) is 2.53. The topological polar surface area (TPSA) is 55.3 Å². The summed E-state index contributed by atoms with van der Waals surface area (Å²) in [4.78, 5) is 21.4. The molecule has 0 aliphatic carbocycles. The molecular formula is C15H20F3N3O2. The van der Waals surface area contributed by atoms with E-state index in [4.69, 9.17) is 4.74 Å². The van der Waals surface area contributed by atoms with E-state index in [0.717, 1.165) is 12.0 Å². The molecule has 8 heteroatoms. The molecule has 1 aliphatic heterocycles. The van der Waals surface area contributed by atoms with Gasteiger partial charge in [0.25, 0.3) is 0 Å². The minimum atomic E-state index is -4.29. The Kier molecular flexibility index (Phi) is 5.79. The summed E-state index contributed by atoms with van der Waals surface area (Å²) in [6.07, 6.45) is -0.577. The lowest BCUT2D eigenvalue weighted by atomic mass is 10.1. The van der Waals surface area contributed by atoms with Crippen molar-refractivity contribution in [3.8, 4) is 6.01 Å². The Morgan fingerprint density at radius 2 is 1.91 bits per heavy atom. The van der Waals surface area contributed by atoms with Crippen LogP contribution in [-0.2, 0) is 11.2 Å². The zero-order valence-corrected chi connectivity index (χ0v) is 13.0. The summed E-state index contributed by atoms with van der Waals surface area (Å²) < 4.78 is 42.1. The number of piperidine rings is 1. The molecule has 1 amide bonds. The second-order valence-electron chi connectivity index (χ2n) is 5.54. The average molecular weight is 331 g/mol. The first kappa shape index (κ1) is 17.5. The van der Waals surface area contributed by atoms with E-state index in [1.807, 2.05) is 6.92 Å². The third-order valence-electron chi connectivity index (χ3n) is 3.78. The van der Waals surface area contributed by atoms with Crippen molar-refractivity contribution in [3.05, 3.63) is 18.0 Å². The fraction of sp³-hybridized carbons (Fsp3) is 0.667. The molecule has 0 N–H and O–H groups in total. The number of hydrogen-bond donors (Lipinski definition) is 0. The molecule has 0 radical (unpaired) electrons. The number of rotatable bonds is 5. The Hall–Kier alpha value is -1.86. The number of ether oxygens (including phenoxy) is 1. The van der Waals surface area contributed by atoms with Crippen LogP contribution in [0.25, 0.3) is 0 Å². The standard InChI is InChI=1S/C15H20F3N3O2/c1-2-11-9-19-14(20-10-11)23-12-4-7-21(8-5-12)13(22)3-6-15(16,17)18/h9-10,12H,2-8H2,1H3. The predicted octanol–water partition coefficient (Wildman–Crippen LogP) is 2.75. The first-order valence-corrected chi connectivity index (χ1v) is 7.69. The van der Waals surface area contributed by atoms with Gasteiger partial charge in [0.15, 0.2) is 0 Å². The number of aromatic nitrogens is 2. The Labute approximate surface area is 132 Å². The molecule has 0 atom stereocenters. The predicted molar refractivity (Wildman–Crippen MR) is 76.9 cm³/mol. The molecular weight excluding hydrogens is 311 g/mol. The van der Waals surface area contributed by atoms with E-state index in [1.165, 1.54) is 4.90 Å². The smallest absolute Gasteiger partial charge is 0.389 e. The first-order valence-electron chi connectivity index (χ1n) is 7.69. The molecule has 0 unspecified atom stereocenters. The van der Waals surface area contributed by atoms with E-state index in [2.05, 4.69) is 9.97 Å². The number of halogens is 3. The summed E-state index contributed by atoms with van der Waals surface area (Å²) in [6, 6.07) is 0.295.